The van der Waals surface area contributed by atoms with E-state index in [1.807, 2.05) is 0 Å². The van der Waals surface area contributed by atoms with Crippen molar-refractivity contribution in [2.45, 2.75) is 136 Å². The zero-order chi connectivity index (χ0) is 24.0. The van der Waals surface area contributed by atoms with Gasteiger partial charge in [-0.3, -0.25) is 4.52 Å². The van der Waals surface area contributed by atoms with Crippen molar-refractivity contribution in [1.82, 2.24) is 0 Å². The van der Waals surface area contributed by atoms with E-state index in [2.05, 4.69) is 20.8 Å². The van der Waals surface area contributed by atoms with Crippen LogP contribution in [0.15, 0.2) is 0 Å². The average molecular weight is 479 g/mol. The molecule has 0 aliphatic rings. The Morgan fingerprint density at radius 1 is 0.531 bits per heavy atom. The van der Waals surface area contributed by atoms with Gasteiger partial charge in [0.05, 0.1) is 19.6 Å². The van der Waals surface area contributed by atoms with Crippen LogP contribution >= 0.6 is 7.82 Å². The molecule has 0 saturated heterocycles. The first-order valence-electron chi connectivity index (χ1n) is 13.9. The molecule has 0 heterocycles. The number of quaternary nitrogens is 1. The summed E-state index contributed by atoms with van der Waals surface area (Å²) in [5, 5.41) is 0. The minimum Gasteiger partial charge on any atom is -0.322 e. The van der Waals surface area contributed by atoms with E-state index in [1.165, 1.54) is 89.9 Å². The van der Waals surface area contributed by atoms with Crippen LogP contribution in [0.25, 0.3) is 0 Å². The van der Waals surface area contributed by atoms with E-state index < -0.39 is 7.82 Å². The van der Waals surface area contributed by atoms with Crippen LogP contribution in [0.5, 0.6) is 0 Å². The van der Waals surface area contributed by atoms with Gasteiger partial charge in [0.25, 0.3) is 0 Å². The van der Waals surface area contributed by atoms with Crippen molar-refractivity contribution in [2.75, 3.05) is 32.8 Å². The van der Waals surface area contributed by atoms with Crippen molar-refractivity contribution < 1.29 is 23.4 Å². The van der Waals surface area contributed by atoms with Gasteiger partial charge in [0, 0.05) is 0 Å². The molecule has 0 saturated carbocycles. The Balaban J connectivity index is 4.06. The Labute approximate surface area is 200 Å². The molecule has 0 aromatic rings. The zero-order valence-corrected chi connectivity index (χ0v) is 22.8. The Bertz CT molecular complexity index is 434. The highest BCUT2D eigenvalue weighted by atomic mass is 31.2. The summed E-state index contributed by atoms with van der Waals surface area (Å²) < 4.78 is 16.9. The minimum absolute atomic E-state index is 0.149. The quantitative estimate of drug-likeness (QED) is 0.0792. The highest BCUT2D eigenvalue weighted by Crippen LogP contribution is 2.35. The molecule has 2 N–H and O–H groups in total. The van der Waals surface area contributed by atoms with E-state index in [9.17, 15) is 4.57 Å². The molecular formula is C26H57NO4P+. The molecule has 0 amide bonds. The molecule has 0 radical (unpaired) electrons. The molecule has 32 heavy (non-hydrogen) atoms. The lowest BCUT2D eigenvalue weighted by atomic mass is 10.0. The van der Waals surface area contributed by atoms with Gasteiger partial charge >= 0.3 is 7.82 Å². The van der Waals surface area contributed by atoms with E-state index >= 15 is 0 Å². The van der Waals surface area contributed by atoms with Crippen molar-refractivity contribution in [3.8, 4) is 0 Å². The second kappa shape index (κ2) is 21.6. The molecule has 0 fully saturated rings. The van der Waals surface area contributed by atoms with Gasteiger partial charge in [-0.2, -0.15) is 0 Å². The maximum absolute atomic E-state index is 11.1. The van der Waals surface area contributed by atoms with Crippen LogP contribution in [-0.2, 0) is 9.09 Å². The minimum atomic E-state index is -4.38. The van der Waals surface area contributed by atoms with Gasteiger partial charge < -0.3 is 14.3 Å². The third-order valence-corrected chi connectivity index (χ3v) is 7.30. The molecule has 0 bridgehead atoms. The molecule has 0 rings (SSSR count). The smallest absolute Gasteiger partial charge is 0.322 e. The maximum Gasteiger partial charge on any atom is 0.469 e. The van der Waals surface area contributed by atoms with Crippen molar-refractivity contribution in [2.24, 2.45) is 0 Å². The number of phosphoric ester groups is 1. The van der Waals surface area contributed by atoms with Gasteiger partial charge in [-0.15, -0.1) is 0 Å². The van der Waals surface area contributed by atoms with Crippen molar-refractivity contribution >= 4 is 7.82 Å². The van der Waals surface area contributed by atoms with E-state index in [1.54, 1.807) is 0 Å². The topological polar surface area (TPSA) is 66.8 Å². The summed E-state index contributed by atoms with van der Waals surface area (Å²) >= 11 is 0. The summed E-state index contributed by atoms with van der Waals surface area (Å²) in [4.78, 5) is 18.1. The summed E-state index contributed by atoms with van der Waals surface area (Å²) in [5.74, 6) is 0. The third kappa shape index (κ3) is 20.7. The van der Waals surface area contributed by atoms with E-state index in [0.29, 0.717) is 6.54 Å². The van der Waals surface area contributed by atoms with Crippen molar-refractivity contribution in [3.63, 3.8) is 0 Å². The highest BCUT2D eigenvalue weighted by molar-refractivity contribution is 7.46. The first-order valence-corrected chi connectivity index (χ1v) is 15.5. The summed E-state index contributed by atoms with van der Waals surface area (Å²) in [6.07, 6.45) is 23.8. The molecule has 0 aliphatic carbocycles. The Morgan fingerprint density at radius 2 is 0.875 bits per heavy atom. The van der Waals surface area contributed by atoms with Crippen molar-refractivity contribution in [3.05, 3.63) is 0 Å². The van der Waals surface area contributed by atoms with Crippen LogP contribution in [0.3, 0.4) is 0 Å². The lowest BCUT2D eigenvalue weighted by molar-refractivity contribution is -0.928. The molecule has 0 unspecified atom stereocenters. The fourth-order valence-electron chi connectivity index (χ4n) is 4.65. The van der Waals surface area contributed by atoms with Gasteiger partial charge in [-0.05, 0) is 25.7 Å². The van der Waals surface area contributed by atoms with Crippen LogP contribution in [-0.4, -0.2) is 47.1 Å². The lowest BCUT2D eigenvalue weighted by Gasteiger charge is -2.39. The number of hydrogen-bond acceptors (Lipinski definition) is 2. The Hall–Kier alpha value is 0.0700. The molecule has 0 spiro atoms. The Morgan fingerprint density at radius 3 is 1.25 bits per heavy atom. The molecule has 0 aromatic heterocycles. The largest absolute Gasteiger partial charge is 0.469 e. The number of rotatable bonds is 25. The zero-order valence-electron chi connectivity index (χ0n) is 21.9. The molecule has 0 atom stereocenters. The van der Waals surface area contributed by atoms with Gasteiger partial charge in [0.15, 0.2) is 0 Å². The highest BCUT2D eigenvalue weighted by Gasteiger charge is 2.27. The van der Waals surface area contributed by atoms with E-state index in [-0.39, 0.29) is 6.61 Å². The predicted octanol–water partition coefficient (Wildman–Crippen LogP) is 7.99. The molecule has 5 nitrogen and oxygen atoms in total. The van der Waals surface area contributed by atoms with Crippen LogP contribution < -0.4 is 0 Å². The number of nitrogens with zero attached hydrogens (tertiary/aromatic N) is 1. The predicted molar refractivity (Wildman–Crippen MR) is 138 cm³/mol. The fraction of sp³-hybridized carbons (Fsp3) is 1.00. The standard InChI is InChI=1S/C26H56NO4P/c1-4-7-10-11-12-13-14-15-16-17-18-19-20-21-24-27(22-8-5-2,23-9-6-3)25-26-31-32(28,29)30/h4-26H2,1-3H3,(H-,28,29,30)/p+1. The maximum atomic E-state index is 11.1. The number of unbranched alkanes of at least 4 members (excludes halogenated alkanes) is 15. The van der Waals surface area contributed by atoms with E-state index in [4.69, 9.17) is 14.3 Å². The average Bonchev–Trinajstić information content (AvgIpc) is 2.75. The van der Waals surface area contributed by atoms with Gasteiger partial charge in [-0.1, -0.05) is 111 Å². The molecular weight excluding hydrogens is 421 g/mol. The van der Waals surface area contributed by atoms with Gasteiger partial charge in [-0.25, -0.2) is 4.57 Å². The van der Waals surface area contributed by atoms with Crippen LogP contribution in [0.4, 0.5) is 0 Å². The SMILES string of the molecule is CCCCCCCCCCCCCCCC[N+](CCCC)(CCCC)CCOP(=O)(O)O. The summed E-state index contributed by atoms with van der Waals surface area (Å²) in [6.45, 7) is 10.9. The van der Waals surface area contributed by atoms with Crippen molar-refractivity contribution in [1.29, 1.82) is 0 Å². The molecule has 194 valence electrons. The summed E-state index contributed by atoms with van der Waals surface area (Å²) in [7, 11) is -4.38. The molecule has 0 aromatic carbocycles. The first-order chi connectivity index (χ1) is 15.4. The monoisotopic (exact) mass is 478 g/mol. The Kier molecular flexibility index (Phi) is 21.6. The molecule has 6 heteroatoms. The number of phosphoric acid groups is 1. The molecule has 0 aliphatic heterocycles. The summed E-state index contributed by atoms with van der Waals surface area (Å²) in [5.41, 5.74) is 0. The lowest BCUT2D eigenvalue weighted by Crippen LogP contribution is -2.52. The number of hydrogen-bond donors (Lipinski definition) is 2. The van der Waals surface area contributed by atoms with Crippen LogP contribution in [0.1, 0.15) is 136 Å². The van der Waals surface area contributed by atoms with Crippen LogP contribution in [0, 0.1) is 0 Å². The second-order valence-electron chi connectivity index (χ2n) is 9.86. The summed E-state index contributed by atoms with van der Waals surface area (Å²) in [6, 6.07) is 0. The third-order valence-electron chi connectivity index (χ3n) is 6.78. The second-order valence-corrected chi connectivity index (χ2v) is 11.1. The first kappa shape index (κ1) is 32.1. The van der Waals surface area contributed by atoms with Gasteiger partial charge in [0.1, 0.15) is 13.2 Å². The van der Waals surface area contributed by atoms with Gasteiger partial charge in [0.2, 0.25) is 0 Å². The fourth-order valence-corrected chi connectivity index (χ4v) is 4.97. The normalized spacial score (nSPS) is 12.5. The van der Waals surface area contributed by atoms with Crippen LogP contribution in [0.2, 0.25) is 0 Å². The van der Waals surface area contributed by atoms with E-state index in [0.717, 1.165) is 49.8 Å².